The van der Waals surface area contributed by atoms with Crippen molar-refractivity contribution >= 4 is 27.0 Å². The fourth-order valence-electron chi connectivity index (χ4n) is 5.80. The molecule has 7 nitrogen and oxygen atoms in total. The summed E-state index contributed by atoms with van der Waals surface area (Å²) >= 11 is 0. The van der Waals surface area contributed by atoms with Crippen LogP contribution in [0.4, 0.5) is 8.78 Å². The lowest BCUT2D eigenvalue weighted by molar-refractivity contribution is -0.126. The zero-order valence-corrected chi connectivity index (χ0v) is 23.5. The van der Waals surface area contributed by atoms with E-state index >= 15 is 0 Å². The lowest BCUT2D eigenvalue weighted by Crippen LogP contribution is -2.45. The van der Waals surface area contributed by atoms with E-state index < -0.39 is 15.9 Å². The van der Waals surface area contributed by atoms with Gasteiger partial charge in [-0.2, -0.15) is 4.31 Å². The molecule has 2 aromatic rings. The minimum atomic E-state index is -3.80. The van der Waals surface area contributed by atoms with Crippen LogP contribution in [-0.2, 0) is 26.8 Å². The summed E-state index contributed by atoms with van der Waals surface area (Å²) in [6.45, 7) is 8.01. The molecule has 10 heteroatoms. The van der Waals surface area contributed by atoms with Gasteiger partial charge in [-0.25, -0.2) is 22.2 Å². The Morgan fingerprint density at radius 2 is 1.82 bits per heavy atom. The Hall–Kier alpha value is -2.07. The topological polar surface area (TPSA) is 84.3 Å². The molecule has 3 aliphatic rings. The van der Waals surface area contributed by atoms with Crippen molar-refractivity contribution in [3.8, 4) is 0 Å². The fraction of sp³-hybridized carbons (Fsp3) is 0.714. The number of fused-ring (bicyclic) bond motifs is 1. The highest BCUT2D eigenvalue weighted by molar-refractivity contribution is 7.89. The summed E-state index contributed by atoms with van der Waals surface area (Å²) in [7, 11) is -3.80. The number of hydrogen-bond donors (Lipinski definition) is 1. The van der Waals surface area contributed by atoms with Gasteiger partial charge in [0.15, 0.2) is 0 Å². The van der Waals surface area contributed by atoms with E-state index in [1.54, 1.807) is 18.2 Å². The van der Waals surface area contributed by atoms with Crippen LogP contribution in [0.5, 0.6) is 0 Å². The third-order valence-corrected chi connectivity index (χ3v) is 10.2. The number of alkyl halides is 2. The van der Waals surface area contributed by atoms with E-state index in [1.807, 2.05) is 0 Å². The maximum Gasteiger partial charge on any atom is 0.248 e. The molecule has 2 saturated carbocycles. The molecule has 1 amide bonds. The van der Waals surface area contributed by atoms with Crippen molar-refractivity contribution in [2.24, 2.45) is 17.8 Å². The Bertz CT molecular complexity index is 1290. The molecule has 1 aromatic carbocycles. The maximum atomic E-state index is 13.7. The summed E-state index contributed by atoms with van der Waals surface area (Å²) in [5, 5.41) is 3.00. The lowest BCUT2D eigenvalue weighted by Gasteiger charge is -2.31. The minimum absolute atomic E-state index is 0.0544. The second-order valence-electron chi connectivity index (χ2n) is 12.6. The summed E-state index contributed by atoms with van der Waals surface area (Å²) in [4.78, 5) is 17.7. The second kappa shape index (κ2) is 10.2. The highest BCUT2D eigenvalue weighted by atomic mass is 32.2. The summed E-state index contributed by atoms with van der Waals surface area (Å²) in [5.41, 5.74) is 1.11. The van der Waals surface area contributed by atoms with Crippen LogP contribution in [0, 0.1) is 17.8 Å². The van der Waals surface area contributed by atoms with Crippen LogP contribution in [0.15, 0.2) is 23.1 Å². The average molecular weight is 551 g/mol. The van der Waals surface area contributed by atoms with Gasteiger partial charge < -0.3 is 9.88 Å². The van der Waals surface area contributed by atoms with Crippen LogP contribution in [-0.4, -0.2) is 53.7 Å². The standard InChI is InChI=1S/C28H40F2N4O3S/c1-27(2,3)26-32-23-15-22(8-9-24(23)34(26)17-20-10-12-28(29,30)13-11-20)38(36,37)33-14-4-5-21(18-33)25(35)31-16-19-6-7-19/h8-9,15,19-21H,4-7,10-14,16-18H2,1-3H3,(H,31,35)/t21-/m0/s1. The molecule has 1 N–H and O–H groups in total. The first-order valence-electron chi connectivity index (χ1n) is 14.0. The van der Waals surface area contributed by atoms with E-state index in [9.17, 15) is 22.0 Å². The number of nitrogens with zero attached hydrogens (tertiary/aromatic N) is 3. The summed E-state index contributed by atoms with van der Waals surface area (Å²) < 4.78 is 58.2. The van der Waals surface area contributed by atoms with Gasteiger partial charge in [-0.15, -0.1) is 0 Å². The van der Waals surface area contributed by atoms with E-state index in [1.165, 1.54) is 4.31 Å². The summed E-state index contributed by atoms with van der Waals surface area (Å²) in [6, 6.07) is 5.04. The number of halogens is 2. The van der Waals surface area contributed by atoms with Gasteiger partial charge in [0.1, 0.15) is 5.82 Å². The molecule has 2 heterocycles. The van der Waals surface area contributed by atoms with E-state index in [2.05, 4.69) is 30.7 Å². The van der Waals surface area contributed by atoms with E-state index in [-0.39, 0.29) is 47.4 Å². The van der Waals surface area contributed by atoms with Gasteiger partial charge in [-0.1, -0.05) is 20.8 Å². The molecule has 2 aliphatic carbocycles. The van der Waals surface area contributed by atoms with Gasteiger partial charge in [0, 0.05) is 44.4 Å². The number of imidazole rings is 1. The van der Waals surface area contributed by atoms with Gasteiger partial charge in [-0.3, -0.25) is 4.79 Å². The monoisotopic (exact) mass is 550 g/mol. The van der Waals surface area contributed by atoms with E-state index in [4.69, 9.17) is 4.98 Å². The van der Waals surface area contributed by atoms with E-state index in [0.717, 1.165) is 24.2 Å². The number of nitrogens with one attached hydrogen (secondary N) is 1. The molecular formula is C28H40F2N4O3S. The lowest BCUT2D eigenvalue weighted by atomic mass is 9.86. The first kappa shape index (κ1) is 27.5. The zero-order valence-electron chi connectivity index (χ0n) is 22.7. The minimum Gasteiger partial charge on any atom is -0.356 e. The summed E-state index contributed by atoms with van der Waals surface area (Å²) in [6.07, 6.45) is 4.38. The van der Waals surface area contributed by atoms with Crippen LogP contribution in [0.2, 0.25) is 0 Å². The number of amides is 1. The van der Waals surface area contributed by atoms with Gasteiger partial charge in [0.25, 0.3) is 0 Å². The Morgan fingerprint density at radius 3 is 2.47 bits per heavy atom. The molecule has 0 bridgehead atoms. The molecule has 210 valence electrons. The Morgan fingerprint density at radius 1 is 1.11 bits per heavy atom. The first-order chi connectivity index (χ1) is 17.8. The van der Waals surface area contributed by atoms with Crippen molar-refractivity contribution in [3.05, 3.63) is 24.0 Å². The predicted molar refractivity (Wildman–Crippen MR) is 143 cm³/mol. The number of carbonyl (C=O) groups is 1. The number of rotatable bonds is 7. The van der Waals surface area contributed by atoms with Crippen molar-refractivity contribution in [1.82, 2.24) is 19.2 Å². The van der Waals surface area contributed by atoms with Crippen LogP contribution in [0.1, 0.15) is 78.0 Å². The van der Waals surface area contributed by atoms with Crippen LogP contribution < -0.4 is 5.32 Å². The Kier molecular flexibility index (Phi) is 7.35. The normalized spacial score (nSPS) is 23.6. The quantitative estimate of drug-likeness (QED) is 0.521. The number of sulfonamides is 1. The zero-order chi connectivity index (χ0) is 27.3. The smallest absolute Gasteiger partial charge is 0.248 e. The van der Waals surface area contributed by atoms with Gasteiger partial charge in [0.2, 0.25) is 21.9 Å². The molecule has 3 fully saturated rings. The third kappa shape index (κ3) is 5.91. The van der Waals surface area contributed by atoms with Crippen molar-refractivity contribution < 1.29 is 22.0 Å². The third-order valence-electron chi connectivity index (χ3n) is 8.32. The molecule has 1 aromatic heterocycles. The molecule has 1 atom stereocenters. The molecule has 1 aliphatic heterocycles. The number of piperidine rings is 1. The maximum absolute atomic E-state index is 13.7. The SMILES string of the molecule is CC(C)(C)c1nc2cc(S(=O)(=O)N3CCC[C@H](C(=O)NCC4CC4)C3)ccc2n1CC1CCC(F)(F)CC1. The molecule has 5 rings (SSSR count). The number of benzene rings is 1. The molecular weight excluding hydrogens is 510 g/mol. The second-order valence-corrected chi connectivity index (χ2v) is 14.6. The van der Waals surface area contributed by atoms with Crippen molar-refractivity contribution in [2.45, 2.75) is 94.9 Å². The molecule has 0 spiro atoms. The van der Waals surface area contributed by atoms with E-state index in [0.29, 0.717) is 56.8 Å². The van der Waals surface area contributed by atoms with Gasteiger partial charge in [0.05, 0.1) is 21.8 Å². The number of carbonyl (C=O) groups excluding carboxylic acids is 1. The largest absolute Gasteiger partial charge is 0.356 e. The van der Waals surface area contributed by atoms with Crippen molar-refractivity contribution in [3.63, 3.8) is 0 Å². The highest BCUT2D eigenvalue weighted by Crippen LogP contribution is 2.38. The molecule has 0 radical (unpaired) electrons. The van der Waals surface area contributed by atoms with Gasteiger partial charge >= 0.3 is 0 Å². The Balaban J connectivity index is 1.38. The molecule has 1 saturated heterocycles. The van der Waals surface area contributed by atoms with Crippen molar-refractivity contribution in [1.29, 1.82) is 0 Å². The van der Waals surface area contributed by atoms with Crippen LogP contribution >= 0.6 is 0 Å². The summed E-state index contributed by atoms with van der Waals surface area (Å²) in [5.74, 6) is -1.44. The average Bonchev–Trinajstić information content (AvgIpc) is 3.63. The number of hydrogen-bond acceptors (Lipinski definition) is 4. The molecule has 0 unspecified atom stereocenters. The highest BCUT2D eigenvalue weighted by Gasteiger charge is 2.37. The Labute approximate surface area is 224 Å². The van der Waals surface area contributed by atoms with Crippen LogP contribution in [0.3, 0.4) is 0 Å². The predicted octanol–water partition coefficient (Wildman–Crippen LogP) is 5.09. The van der Waals surface area contributed by atoms with Crippen molar-refractivity contribution in [2.75, 3.05) is 19.6 Å². The van der Waals surface area contributed by atoms with Crippen LogP contribution in [0.25, 0.3) is 11.0 Å². The number of aromatic nitrogens is 2. The fourth-order valence-corrected chi connectivity index (χ4v) is 7.35. The van der Waals surface area contributed by atoms with Gasteiger partial charge in [-0.05, 0) is 68.6 Å². The first-order valence-corrected chi connectivity index (χ1v) is 15.4. The molecule has 38 heavy (non-hydrogen) atoms.